The molecular weight excluding hydrogens is 280 g/mol. The molecule has 0 heterocycles. The number of carbonyl (C=O) groups is 1. The van der Waals surface area contributed by atoms with Crippen molar-refractivity contribution in [2.75, 3.05) is 0 Å². The van der Waals surface area contributed by atoms with Crippen LogP contribution in [0.5, 0.6) is 11.5 Å². The Hall–Kier alpha value is -2.23. The molecule has 3 N–H and O–H groups in total. The molecule has 1 aromatic carbocycles. The third-order valence-electron chi connectivity index (χ3n) is 3.36. The van der Waals surface area contributed by atoms with Crippen LogP contribution in [0.25, 0.3) is 0 Å². The molecule has 0 fully saturated rings. The summed E-state index contributed by atoms with van der Waals surface area (Å²) in [7, 11) is 0. The van der Waals surface area contributed by atoms with Crippen LogP contribution in [0.4, 0.5) is 0 Å². The Labute approximate surface area is 131 Å². The van der Waals surface area contributed by atoms with Crippen molar-refractivity contribution in [2.45, 2.75) is 46.5 Å². The largest absolute Gasteiger partial charge is 0.508 e. The number of carboxylic acid groups (broad SMARTS) is 1. The first-order valence-electron chi connectivity index (χ1n) is 7.34. The molecule has 0 saturated carbocycles. The molecule has 0 radical (unpaired) electrons. The van der Waals surface area contributed by atoms with Gasteiger partial charge in [0.2, 0.25) is 0 Å². The maximum absolute atomic E-state index is 10.7. The van der Waals surface area contributed by atoms with Crippen LogP contribution in [-0.4, -0.2) is 21.3 Å². The molecule has 120 valence electrons. The minimum atomic E-state index is -0.999. The molecule has 22 heavy (non-hydrogen) atoms. The van der Waals surface area contributed by atoms with Crippen LogP contribution >= 0.6 is 0 Å². The summed E-state index contributed by atoms with van der Waals surface area (Å²) in [5, 5.41) is 28.6. The molecule has 1 aromatic rings. The molecule has 4 nitrogen and oxygen atoms in total. The van der Waals surface area contributed by atoms with Gasteiger partial charge in [0.1, 0.15) is 11.5 Å². The van der Waals surface area contributed by atoms with Crippen molar-refractivity contribution >= 4 is 5.97 Å². The summed E-state index contributed by atoms with van der Waals surface area (Å²) in [5.74, 6) is -1.13. The average molecular weight is 304 g/mol. The van der Waals surface area contributed by atoms with Crippen molar-refractivity contribution < 1.29 is 20.1 Å². The zero-order valence-corrected chi connectivity index (χ0v) is 13.4. The number of hydrogen-bond donors (Lipinski definition) is 3. The second-order valence-electron chi connectivity index (χ2n) is 5.76. The minimum Gasteiger partial charge on any atom is -0.508 e. The Bertz CT molecular complexity index is 570. The number of phenolic OH excluding ortho intramolecular Hbond substituents is 2. The molecule has 0 aromatic heterocycles. The third-order valence-corrected chi connectivity index (χ3v) is 3.36. The molecular formula is C18H24O4. The highest BCUT2D eigenvalue weighted by atomic mass is 16.4. The number of hydrogen-bond acceptors (Lipinski definition) is 3. The van der Waals surface area contributed by atoms with E-state index in [2.05, 4.69) is 19.9 Å². The van der Waals surface area contributed by atoms with Crippen LogP contribution in [-0.2, 0) is 17.6 Å². The van der Waals surface area contributed by atoms with Crippen LogP contribution in [0.2, 0.25) is 0 Å². The lowest BCUT2D eigenvalue weighted by atomic mass is 10.0. The number of allylic oxidation sites excluding steroid dienone is 4. The van der Waals surface area contributed by atoms with Gasteiger partial charge in [-0.15, -0.1) is 0 Å². The van der Waals surface area contributed by atoms with Gasteiger partial charge < -0.3 is 15.3 Å². The zero-order valence-electron chi connectivity index (χ0n) is 13.4. The van der Waals surface area contributed by atoms with E-state index in [1.165, 1.54) is 23.3 Å². The second-order valence-corrected chi connectivity index (χ2v) is 5.76. The molecule has 0 aliphatic heterocycles. The fraction of sp³-hybridized carbons (Fsp3) is 0.389. The summed E-state index contributed by atoms with van der Waals surface area (Å²) < 4.78 is 0. The SMILES string of the molecule is CC(C)=CCC/C(C)=C/Cc1c(O)cc(CC(=O)O)cc1O. The van der Waals surface area contributed by atoms with Gasteiger partial charge in [-0.25, -0.2) is 0 Å². The Morgan fingerprint density at radius 2 is 1.68 bits per heavy atom. The number of phenols is 2. The molecule has 0 atom stereocenters. The van der Waals surface area contributed by atoms with E-state index in [9.17, 15) is 15.0 Å². The van der Waals surface area contributed by atoms with E-state index in [0.717, 1.165) is 12.8 Å². The van der Waals surface area contributed by atoms with Crippen LogP contribution in [0.1, 0.15) is 44.7 Å². The van der Waals surface area contributed by atoms with Crippen molar-refractivity contribution in [3.8, 4) is 11.5 Å². The van der Waals surface area contributed by atoms with Gasteiger partial charge in [0, 0.05) is 5.56 Å². The number of aliphatic carboxylic acids is 1. The van der Waals surface area contributed by atoms with E-state index in [-0.39, 0.29) is 17.9 Å². The Balaban J connectivity index is 2.77. The van der Waals surface area contributed by atoms with Crippen molar-refractivity contribution in [3.63, 3.8) is 0 Å². The molecule has 0 saturated heterocycles. The maximum Gasteiger partial charge on any atom is 0.307 e. The standard InChI is InChI=1S/C18H24O4/c1-12(2)5-4-6-13(3)7-8-15-16(19)9-14(10-17(15)20)11-18(21)22/h5,7,9-10,19-20H,4,6,8,11H2,1-3H3,(H,21,22)/b13-7+. The maximum atomic E-state index is 10.7. The monoisotopic (exact) mass is 304 g/mol. The van der Waals surface area contributed by atoms with E-state index >= 15 is 0 Å². The highest BCUT2D eigenvalue weighted by Gasteiger charge is 2.10. The predicted molar refractivity (Wildman–Crippen MR) is 87.2 cm³/mol. The van der Waals surface area contributed by atoms with Gasteiger partial charge >= 0.3 is 5.97 Å². The third kappa shape index (κ3) is 6.04. The van der Waals surface area contributed by atoms with Gasteiger partial charge in [0.05, 0.1) is 6.42 Å². The smallest absolute Gasteiger partial charge is 0.307 e. The van der Waals surface area contributed by atoms with Gasteiger partial charge in [0.15, 0.2) is 0 Å². The molecule has 0 unspecified atom stereocenters. The lowest BCUT2D eigenvalue weighted by Crippen LogP contribution is -2.00. The summed E-state index contributed by atoms with van der Waals surface area (Å²) in [6.07, 6.45) is 6.26. The lowest BCUT2D eigenvalue weighted by molar-refractivity contribution is -0.136. The van der Waals surface area contributed by atoms with Crippen LogP contribution in [0, 0.1) is 0 Å². The Morgan fingerprint density at radius 1 is 1.09 bits per heavy atom. The van der Waals surface area contributed by atoms with Crippen molar-refractivity contribution in [1.29, 1.82) is 0 Å². The molecule has 0 spiro atoms. The van der Waals surface area contributed by atoms with Gasteiger partial charge in [-0.1, -0.05) is 23.3 Å². The number of rotatable bonds is 7. The number of aromatic hydroxyl groups is 2. The molecule has 0 aliphatic carbocycles. The first-order chi connectivity index (χ1) is 10.3. The molecule has 0 bridgehead atoms. The van der Waals surface area contributed by atoms with Crippen molar-refractivity contribution in [3.05, 3.63) is 46.6 Å². The van der Waals surface area contributed by atoms with E-state index < -0.39 is 5.97 Å². The van der Waals surface area contributed by atoms with E-state index in [0.29, 0.717) is 17.5 Å². The second kappa shape index (κ2) is 8.27. The van der Waals surface area contributed by atoms with E-state index in [4.69, 9.17) is 5.11 Å². The molecule has 4 heteroatoms. The molecule has 0 aliphatic rings. The number of carboxylic acids is 1. The summed E-state index contributed by atoms with van der Waals surface area (Å²) in [6, 6.07) is 2.80. The van der Waals surface area contributed by atoms with Gasteiger partial charge in [0.25, 0.3) is 0 Å². The minimum absolute atomic E-state index is 0.0652. The van der Waals surface area contributed by atoms with E-state index in [1.807, 2.05) is 13.0 Å². The quantitative estimate of drug-likeness (QED) is 0.666. The van der Waals surface area contributed by atoms with Gasteiger partial charge in [-0.05, 0) is 57.7 Å². The highest BCUT2D eigenvalue weighted by molar-refractivity contribution is 5.71. The summed E-state index contributed by atoms with van der Waals surface area (Å²) >= 11 is 0. The molecule has 1 rings (SSSR count). The first kappa shape index (κ1) is 17.8. The lowest BCUT2D eigenvalue weighted by Gasteiger charge is -2.08. The summed E-state index contributed by atoms with van der Waals surface area (Å²) in [4.78, 5) is 10.7. The topological polar surface area (TPSA) is 77.8 Å². The number of benzene rings is 1. The van der Waals surface area contributed by atoms with E-state index in [1.54, 1.807) is 0 Å². The summed E-state index contributed by atoms with van der Waals surface area (Å²) in [6.45, 7) is 6.15. The van der Waals surface area contributed by atoms with Crippen LogP contribution in [0.15, 0.2) is 35.4 Å². The fourth-order valence-corrected chi connectivity index (χ4v) is 2.15. The predicted octanol–water partition coefficient (Wildman–Crippen LogP) is 3.96. The Morgan fingerprint density at radius 3 is 2.18 bits per heavy atom. The van der Waals surface area contributed by atoms with Crippen molar-refractivity contribution in [2.24, 2.45) is 0 Å². The normalized spacial score (nSPS) is 11.3. The fourth-order valence-electron chi connectivity index (χ4n) is 2.15. The van der Waals surface area contributed by atoms with Crippen LogP contribution < -0.4 is 0 Å². The average Bonchev–Trinajstić information content (AvgIpc) is 2.36. The van der Waals surface area contributed by atoms with Crippen molar-refractivity contribution in [1.82, 2.24) is 0 Å². The highest BCUT2D eigenvalue weighted by Crippen LogP contribution is 2.30. The molecule has 0 amide bonds. The Kier molecular flexibility index (Phi) is 6.70. The zero-order chi connectivity index (χ0) is 16.7. The van der Waals surface area contributed by atoms with Gasteiger partial charge in [-0.3, -0.25) is 4.79 Å². The van der Waals surface area contributed by atoms with Gasteiger partial charge in [-0.2, -0.15) is 0 Å². The van der Waals surface area contributed by atoms with Crippen LogP contribution in [0.3, 0.4) is 0 Å². The summed E-state index contributed by atoms with van der Waals surface area (Å²) in [5.41, 5.74) is 3.29. The first-order valence-corrected chi connectivity index (χ1v) is 7.34.